The second kappa shape index (κ2) is 14.6. The number of hydrogen-bond acceptors (Lipinski definition) is 7. The number of aryl methyl sites for hydroxylation is 1. The highest BCUT2D eigenvalue weighted by molar-refractivity contribution is 6.38. The maximum Gasteiger partial charge on any atom is 0.268 e. The number of para-hydroxylation sites is 1. The number of imide groups is 1. The molecule has 0 radical (unpaired) electrons. The zero-order valence-corrected chi connectivity index (χ0v) is 29.9. The van der Waals surface area contributed by atoms with Crippen LogP contribution < -0.4 is 19.3 Å². The number of carbonyl (C=O) groups excluding carboxylic acids is 3. The number of hydrogen-bond donors (Lipinski definition) is 0. The van der Waals surface area contributed by atoms with Gasteiger partial charge in [-0.15, -0.1) is 0 Å². The van der Waals surface area contributed by atoms with Crippen molar-refractivity contribution in [1.82, 2.24) is 4.90 Å². The SMILES string of the molecule is COc1ccc(CCN2C(=O)c3c(-c4ccccc4)c(N4CCOCC4)c4c(c3C2CCc2ccccc2)C(=O)N(c2ccccc2)C4=O)cc1OC. The summed E-state index contributed by atoms with van der Waals surface area (Å²) >= 11 is 0. The summed E-state index contributed by atoms with van der Waals surface area (Å²) in [6, 6.07) is 34.4. The van der Waals surface area contributed by atoms with Gasteiger partial charge < -0.3 is 24.0 Å². The lowest BCUT2D eigenvalue weighted by Gasteiger charge is -2.33. The van der Waals surface area contributed by atoms with Crippen molar-refractivity contribution in [1.29, 1.82) is 0 Å². The fourth-order valence-corrected chi connectivity index (χ4v) is 8.09. The van der Waals surface area contributed by atoms with Crippen molar-refractivity contribution >= 4 is 29.1 Å². The van der Waals surface area contributed by atoms with Crippen LogP contribution in [0.5, 0.6) is 11.5 Å². The van der Waals surface area contributed by atoms with Gasteiger partial charge in [0, 0.05) is 30.8 Å². The van der Waals surface area contributed by atoms with Crippen molar-refractivity contribution < 1.29 is 28.6 Å². The van der Waals surface area contributed by atoms with Crippen LogP contribution in [0, 0.1) is 0 Å². The molecule has 0 aromatic heterocycles. The van der Waals surface area contributed by atoms with Crippen LogP contribution in [0.4, 0.5) is 11.4 Å². The lowest BCUT2D eigenvalue weighted by molar-refractivity contribution is 0.0718. The minimum Gasteiger partial charge on any atom is -0.493 e. The number of morpholine rings is 1. The zero-order chi connectivity index (χ0) is 36.5. The van der Waals surface area contributed by atoms with Crippen molar-refractivity contribution in [2.75, 3.05) is 56.9 Å². The summed E-state index contributed by atoms with van der Waals surface area (Å²) in [7, 11) is 3.21. The molecule has 0 bridgehead atoms. The molecule has 0 spiro atoms. The Kier molecular flexibility index (Phi) is 9.41. The highest BCUT2D eigenvalue weighted by Gasteiger charge is 2.50. The van der Waals surface area contributed by atoms with E-state index in [-0.39, 0.29) is 11.8 Å². The monoisotopic (exact) mass is 707 g/mol. The van der Waals surface area contributed by atoms with Gasteiger partial charge in [-0.3, -0.25) is 14.4 Å². The molecule has 1 unspecified atom stereocenters. The van der Waals surface area contributed by atoms with E-state index in [2.05, 4.69) is 17.0 Å². The van der Waals surface area contributed by atoms with Gasteiger partial charge in [0.15, 0.2) is 11.5 Å². The Labute approximate surface area is 309 Å². The predicted octanol–water partition coefficient (Wildman–Crippen LogP) is 7.38. The van der Waals surface area contributed by atoms with Gasteiger partial charge in [-0.1, -0.05) is 84.9 Å². The molecule has 3 aliphatic heterocycles. The molecule has 3 amide bonds. The Bertz CT molecular complexity index is 2170. The quantitative estimate of drug-likeness (QED) is 0.132. The van der Waals surface area contributed by atoms with Crippen LogP contribution in [-0.2, 0) is 17.6 Å². The van der Waals surface area contributed by atoms with E-state index in [4.69, 9.17) is 14.2 Å². The summed E-state index contributed by atoms with van der Waals surface area (Å²) in [4.78, 5) is 50.3. The number of carbonyl (C=O) groups is 3. The fourth-order valence-electron chi connectivity index (χ4n) is 8.09. The first-order chi connectivity index (χ1) is 26.0. The first-order valence-electron chi connectivity index (χ1n) is 18.1. The standard InChI is InChI=1S/C44H41N3O6/c1-51-34-21-19-30(28-35(34)52-2)22-23-46-33(20-18-29-12-6-3-7-13-29)37-38(42(46)48)36(31-14-8-4-9-15-31)41(45-24-26-53-27-25-45)40-39(37)43(49)47(44(40)50)32-16-10-5-11-17-32/h3-17,19,21,28,33H,18,20,22-27H2,1-2H3. The summed E-state index contributed by atoms with van der Waals surface area (Å²) in [6.07, 6.45) is 1.79. The van der Waals surface area contributed by atoms with E-state index in [1.54, 1.807) is 26.4 Å². The average Bonchev–Trinajstić information content (AvgIpc) is 3.64. The van der Waals surface area contributed by atoms with Crippen LogP contribution in [0.2, 0.25) is 0 Å². The highest BCUT2D eigenvalue weighted by atomic mass is 16.5. The molecule has 1 fully saturated rings. The van der Waals surface area contributed by atoms with Gasteiger partial charge in [-0.25, -0.2) is 4.90 Å². The highest BCUT2D eigenvalue weighted by Crippen LogP contribution is 2.52. The van der Waals surface area contributed by atoms with E-state index < -0.39 is 11.9 Å². The Morgan fingerprint density at radius 2 is 1.26 bits per heavy atom. The Morgan fingerprint density at radius 3 is 1.94 bits per heavy atom. The second-order valence-electron chi connectivity index (χ2n) is 13.5. The third kappa shape index (κ3) is 6.10. The molecule has 53 heavy (non-hydrogen) atoms. The molecular formula is C44H41N3O6. The van der Waals surface area contributed by atoms with E-state index >= 15 is 4.79 Å². The van der Waals surface area contributed by atoms with Crippen molar-refractivity contribution in [3.05, 3.63) is 143 Å². The van der Waals surface area contributed by atoms with E-state index in [0.717, 1.165) is 16.7 Å². The molecule has 3 heterocycles. The molecule has 0 saturated carbocycles. The van der Waals surface area contributed by atoms with Crippen molar-refractivity contribution in [2.45, 2.75) is 25.3 Å². The lowest BCUT2D eigenvalue weighted by atomic mass is 9.84. The van der Waals surface area contributed by atoms with Crippen LogP contribution in [0.25, 0.3) is 11.1 Å². The fraction of sp³-hybridized carbons (Fsp3) is 0.250. The molecule has 0 N–H and O–H groups in total. The molecule has 1 atom stereocenters. The Hall–Kier alpha value is -5.93. The number of nitrogens with zero attached hydrogens (tertiary/aromatic N) is 3. The maximum absolute atomic E-state index is 15.3. The predicted molar refractivity (Wildman–Crippen MR) is 204 cm³/mol. The average molecular weight is 708 g/mol. The molecule has 3 aliphatic rings. The van der Waals surface area contributed by atoms with Gasteiger partial charge >= 0.3 is 0 Å². The number of methoxy groups -OCH3 is 2. The Balaban J connectivity index is 1.34. The molecule has 8 rings (SSSR count). The van der Waals surface area contributed by atoms with E-state index in [1.807, 2.05) is 89.8 Å². The van der Waals surface area contributed by atoms with Gasteiger partial charge in [-0.05, 0) is 60.2 Å². The van der Waals surface area contributed by atoms with Crippen LogP contribution >= 0.6 is 0 Å². The zero-order valence-electron chi connectivity index (χ0n) is 29.9. The minimum absolute atomic E-state index is 0.145. The van der Waals surface area contributed by atoms with Gasteiger partial charge in [0.05, 0.1) is 61.5 Å². The van der Waals surface area contributed by atoms with E-state index in [9.17, 15) is 9.59 Å². The summed E-state index contributed by atoms with van der Waals surface area (Å²) in [5, 5.41) is 0. The molecule has 5 aromatic carbocycles. The smallest absolute Gasteiger partial charge is 0.268 e. The second-order valence-corrected chi connectivity index (χ2v) is 13.5. The largest absolute Gasteiger partial charge is 0.493 e. The number of anilines is 2. The molecule has 5 aromatic rings. The van der Waals surface area contributed by atoms with Crippen LogP contribution in [0.15, 0.2) is 109 Å². The molecular weight excluding hydrogens is 666 g/mol. The minimum atomic E-state index is -0.458. The summed E-state index contributed by atoms with van der Waals surface area (Å²) in [6.45, 7) is 2.37. The lowest BCUT2D eigenvalue weighted by Crippen LogP contribution is -2.38. The van der Waals surface area contributed by atoms with Crippen LogP contribution in [-0.4, -0.2) is 69.7 Å². The van der Waals surface area contributed by atoms with Gasteiger partial charge in [-0.2, -0.15) is 0 Å². The third-order valence-electron chi connectivity index (χ3n) is 10.6. The number of fused-ring (bicyclic) bond motifs is 3. The summed E-state index contributed by atoms with van der Waals surface area (Å²) in [5.74, 6) is 0.322. The van der Waals surface area contributed by atoms with E-state index in [1.165, 1.54) is 4.90 Å². The first kappa shape index (κ1) is 34.2. The summed E-state index contributed by atoms with van der Waals surface area (Å²) in [5.41, 5.74) is 6.58. The molecule has 0 aliphatic carbocycles. The van der Waals surface area contributed by atoms with Gasteiger partial charge in [0.25, 0.3) is 17.7 Å². The number of amides is 3. The van der Waals surface area contributed by atoms with Gasteiger partial charge in [0.2, 0.25) is 0 Å². The number of benzene rings is 5. The number of ether oxygens (including phenoxy) is 3. The molecule has 268 valence electrons. The molecule has 9 heteroatoms. The van der Waals surface area contributed by atoms with Crippen LogP contribution in [0.3, 0.4) is 0 Å². The number of rotatable bonds is 11. The molecule has 1 saturated heterocycles. The van der Waals surface area contributed by atoms with Crippen molar-refractivity contribution in [2.24, 2.45) is 0 Å². The van der Waals surface area contributed by atoms with Crippen molar-refractivity contribution in [3.8, 4) is 22.6 Å². The molecule has 9 nitrogen and oxygen atoms in total. The van der Waals surface area contributed by atoms with E-state index in [0.29, 0.717) is 103 Å². The maximum atomic E-state index is 15.3. The topological polar surface area (TPSA) is 88.6 Å². The Morgan fingerprint density at radius 1 is 0.642 bits per heavy atom. The normalized spacial score (nSPS) is 16.6. The first-order valence-corrected chi connectivity index (χ1v) is 18.1. The van der Waals surface area contributed by atoms with Gasteiger partial charge in [0.1, 0.15) is 0 Å². The van der Waals surface area contributed by atoms with Crippen LogP contribution in [0.1, 0.15) is 60.2 Å². The summed E-state index contributed by atoms with van der Waals surface area (Å²) < 4.78 is 16.8. The van der Waals surface area contributed by atoms with Crippen molar-refractivity contribution in [3.63, 3.8) is 0 Å². The third-order valence-corrected chi connectivity index (χ3v) is 10.6.